The number of hydrogen-bond acceptors (Lipinski definition) is 3. The van der Waals surface area contributed by atoms with Crippen molar-refractivity contribution in [3.63, 3.8) is 0 Å². The van der Waals surface area contributed by atoms with Crippen LogP contribution in [0.2, 0.25) is 0 Å². The van der Waals surface area contributed by atoms with Gasteiger partial charge in [-0.25, -0.2) is 0 Å². The van der Waals surface area contributed by atoms with Crippen molar-refractivity contribution in [2.75, 3.05) is 7.11 Å². The van der Waals surface area contributed by atoms with Gasteiger partial charge in [-0.15, -0.1) is 0 Å². The molecule has 0 bridgehead atoms. The molecule has 1 aliphatic heterocycles. The third-order valence-corrected chi connectivity index (χ3v) is 2.13. The van der Waals surface area contributed by atoms with Crippen LogP contribution in [0.5, 0.6) is 0 Å². The van der Waals surface area contributed by atoms with Gasteiger partial charge in [-0.3, -0.25) is 14.4 Å². The number of hydroxylamine groups is 2. The lowest BCUT2D eigenvalue weighted by atomic mass is 9.92. The lowest BCUT2D eigenvalue weighted by Gasteiger charge is -2.30. The van der Waals surface area contributed by atoms with E-state index >= 15 is 0 Å². The molecule has 0 N–H and O–H groups in total. The Hall–Kier alpha value is -0.900. The van der Waals surface area contributed by atoms with E-state index in [9.17, 15) is 9.59 Å². The predicted octanol–water partition coefficient (Wildman–Crippen LogP) is 0.579. The molecule has 2 unspecified atom stereocenters. The first-order chi connectivity index (χ1) is 5.57. The summed E-state index contributed by atoms with van der Waals surface area (Å²) < 4.78 is 0. The van der Waals surface area contributed by atoms with Gasteiger partial charge in [0.15, 0.2) is 0 Å². The molecule has 2 amide bonds. The fraction of sp³-hybridized carbons (Fsp3) is 0.750. The zero-order valence-electron chi connectivity index (χ0n) is 7.53. The SMILES string of the molecule is CON1C(=O)C(C)CC(C)C1=O. The number of carbonyl (C=O) groups is 2. The summed E-state index contributed by atoms with van der Waals surface area (Å²) in [5, 5.41) is 0.860. The molecule has 4 heteroatoms. The van der Waals surface area contributed by atoms with Gasteiger partial charge in [0.2, 0.25) is 0 Å². The number of nitrogens with zero attached hydrogens (tertiary/aromatic N) is 1. The van der Waals surface area contributed by atoms with E-state index in [1.54, 1.807) is 13.8 Å². The molecular formula is C8H13NO3. The fourth-order valence-electron chi connectivity index (χ4n) is 1.42. The molecule has 1 rings (SSSR count). The lowest BCUT2D eigenvalue weighted by Crippen LogP contribution is -2.47. The van der Waals surface area contributed by atoms with Crippen LogP contribution >= 0.6 is 0 Å². The van der Waals surface area contributed by atoms with E-state index in [0.29, 0.717) is 6.42 Å². The summed E-state index contributed by atoms with van der Waals surface area (Å²) in [6.07, 6.45) is 0.623. The van der Waals surface area contributed by atoms with Gasteiger partial charge in [0, 0.05) is 11.8 Å². The van der Waals surface area contributed by atoms with Crippen molar-refractivity contribution in [1.29, 1.82) is 0 Å². The highest BCUT2D eigenvalue weighted by Gasteiger charge is 2.36. The molecule has 0 aliphatic carbocycles. The van der Waals surface area contributed by atoms with Gasteiger partial charge in [-0.1, -0.05) is 13.8 Å². The molecule has 68 valence electrons. The Morgan fingerprint density at radius 2 is 1.67 bits per heavy atom. The van der Waals surface area contributed by atoms with Gasteiger partial charge in [0.05, 0.1) is 7.11 Å². The highest BCUT2D eigenvalue weighted by molar-refractivity contribution is 5.98. The second kappa shape index (κ2) is 3.23. The van der Waals surface area contributed by atoms with Crippen LogP contribution < -0.4 is 0 Å². The molecule has 1 aliphatic rings. The third-order valence-electron chi connectivity index (χ3n) is 2.13. The lowest BCUT2D eigenvalue weighted by molar-refractivity contribution is -0.198. The molecule has 4 nitrogen and oxygen atoms in total. The number of piperidine rings is 1. The van der Waals surface area contributed by atoms with Crippen LogP contribution in [0.15, 0.2) is 0 Å². The Morgan fingerprint density at radius 1 is 1.25 bits per heavy atom. The highest BCUT2D eigenvalue weighted by Crippen LogP contribution is 2.23. The topological polar surface area (TPSA) is 46.6 Å². The summed E-state index contributed by atoms with van der Waals surface area (Å²) in [7, 11) is 1.33. The Balaban J connectivity index is 2.81. The van der Waals surface area contributed by atoms with Crippen molar-refractivity contribution >= 4 is 11.8 Å². The van der Waals surface area contributed by atoms with Gasteiger partial charge < -0.3 is 0 Å². The summed E-state index contributed by atoms with van der Waals surface area (Å²) in [6.45, 7) is 3.61. The van der Waals surface area contributed by atoms with Crippen molar-refractivity contribution in [1.82, 2.24) is 5.06 Å². The van der Waals surface area contributed by atoms with Crippen LogP contribution in [0, 0.1) is 11.8 Å². The van der Waals surface area contributed by atoms with Crippen molar-refractivity contribution in [3.8, 4) is 0 Å². The fourth-order valence-corrected chi connectivity index (χ4v) is 1.42. The predicted molar refractivity (Wildman–Crippen MR) is 41.8 cm³/mol. The highest BCUT2D eigenvalue weighted by atomic mass is 16.7. The van der Waals surface area contributed by atoms with Crippen LogP contribution in [0.4, 0.5) is 0 Å². The number of carbonyl (C=O) groups excluding carboxylic acids is 2. The van der Waals surface area contributed by atoms with Crippen LogP contribution in [-0.2, 0) is 14.4 Å². The van der Waals surface area contributed by atoms with Gasteiger partial charge >= 0.3 is 0 Å². The maximum absolute atomic E-state index is 11.3. The van der Waals surface area contributed by atoms with E-state index in [0.717, 1.165) is 5.06 Å². The number of amides is 2. The molecule has 0 radical (unpaired) electrons. The van der Waals surface area contributed by atoms with E-state index in [4.69, 9.17) is 4.84 Å². The first kappa shape index (κ1) is 9.19. The van der Waals surface area contributed by atoms with Crippen molar-refractivity contribution in [2.24, 2.45) is 11.8 Å². The largest absolute Gasteiger partial charge is 0.272 e. The molecule has 0 aromatic heterocycles. The average Bonchev–Trinajstić information content (AvgIpc) is 2.02. The Bertz CT molecular complexity index is 194. The molecule has 2 atom stereocenters. The summed E-state index contributed by atoms with van der Waals surface area (Å²) in [6, 6.07) is 0. The van der Waals surface area contributed by atoms with Crippen LogP contribution in [0.1, 0.15) is 20.3 Å². The van der Waals surface area contributed by atoms with E-state index in [1.807, 2.05) is 0 Å². The third kappa shape index (κ3) is 1.34. The second-order valence-corrected chi connectivity index (χ2v) is 3.19. The van der Waals surface area contributed by atoms with Crippen molar-refractivity contribution in [2.45, 2.75) is 20.3 Å². The van der Waals surface area contributed by atoms with Crippen LogP contribution in [0.3, 0.4) is 0 Å². The Labute approximate surface area is 71.4 Å². The van der Waals surface area contributed by atoms with Gasteiger partial charge in [0.25, 0.3) is 11.8 Å². The van der Waals surface area contributed by atoms with E-state index in [2.05, 4.69) is 0 Å². The Morgan fingerprint density at radius 3 is 2.00 bits per heavy atom. The Kier molecular flexibility index (Phi) is 2.47. The smallest absolute Gasteiger partial charge is 0.256 e. The number of rotatable bonds is 1. The molecule has 1 fully saturated rings. The summed E-state index contributed by atoms with van der Waals surface area (Å²) in [4.78, 5) is 27.3. The van der Waals surface area contributed by atoms with E-state index < -0.39 is 0 Å². The molecule has 0 saturated carbocycles. The molecule has 0 spiro atoms. The second-order valence-electron chi connectivity index (χ2n) is 3.19. The standard InChI is InChI=1S/C8H13NO3/c1-5-4-6(2)8(11)9(12-3)7(5)10/h5-6H,4H2,1-3H3. The summed E-state index contributed by atoms with van der Waals surface area (Å²) in [5.74, 6) is -0.698. The molecule has 1 saturated heterocycles. The summed E-state index contributed by atoms with van der Waals surface area (Å²) >= 11 is 0. The van der Waals surface area contributed by atoms with Gasteiger partial charge in [-0.05, 0) is 6.42 Å². The minimum absolute atomic E-state index is 0.113. The molecule has 12 heavy (non-hydrogen) atoms. The van der Waals surface area contributed by atoms with Gasteiger partial charge in [0.1, 0.15) is 0 Å². The minimum Gasteiger partial charge on any atom is -0.272 e. The molecular weight excluding hydrogens is 158 g/mol. The zero-order valence-corrected chi connectivity index (χ0v) is 7.53. The normalized spacial score (nSPS) is 31.1. The first-order valence-corrected chi connectivity index (χ1v) is 3.99. The summed E-state index contributed by atoms with van der Waals surface area (Å²) in [5.41, 5.74) is 0. The number of imide groups is 1. The van der Waals surface area contributed by atoms with Crippen LogP contribution in [-0.4, -0.2) is 24.0 Å². The van der Waals surface area contributed by atoms with Gasteiger partial charge in [-0.2, -0.15) is 5.06 Å². The average molecular weight is 171 g/mol. The quantitative estimate of drug-likeness (QED) is 0.542. The minimum atomic E-state index is -0.236. The number of hydrogen-bond donors (Lipinski definition) is 0. The monoisotopic (exact) mass is 171 g/mol. The maximum atomic E-state index is 11.3. The van der Waals surface area contributed by atoms with E-state index in [-0.39, 0.29) is 23.7 Å². The zero-order chi connectivity index (χ0) is 9.30. The van der Waals surface area contributed by atoms with Crippen molar-refractivity contribution < 1.29 is 14.4 Å². The molecule has 1 heterocycles. The van der Waals surface area contributed by atoms with Crippen molar-refractivity contribution in [3.05, 3.63) is 0 Å². The van der Waals surface area contributed by atoms with E-state index in [1.165, 1.54) is 7.11 Å². The first-order valence-electron chi connectivity index (χ1n) is 3.99. The molecule has 0 aromatic carbocycles. The van der Waals surface area contributed by atoms with Crippen LogP contribution in [0.25, 0.3) is 0 Å². The molecule has 0 aromatic rings. The maximum Gasteiger partial charge on any atom is 0.256 e.